The van der Waals surface area contributed by atoms with Crippen LogP contribution in [0.3, 0.4) is 0 Å². The number of ether oxygens (including phenoxy) is 1. The van der Waals surface area contributed by atoms with Gasteiger partial charge in [-0.15, -0.1) is 0 Å². The van der Waals surface area contributed by atoms with E-state index in [2.05, 4.69) is 20.9 Å². The molecule has 0 unspecified atom stereocenters. The second kappa shape index (κ2) is 9.28. The molecule has 5 nitrogen and oxygen atoms in total. The van der Waals surface area contributed by atoms with Gasteiger partial charge in [-0.3, -0.25) is 9.78 Å². The fraction of sp³-hybridized carbons (Fsp3) is 0.238. The second-order valence-corrected chi connectivity index (χ2v) is 7.62. The van der Waals surface area contributed by atoms with Gasteiger partial charge in [0.15, 0.2) is 0 Å². The van der Waals surface area contributed by atoms with Crippen molar-refractivity contribution in [2.75, 3.05) is 14.1 Å². The molecule has 0 fully saturated rings. The molecular formula is C21H20BrF2N3O2. The number of hydrogen-bond acceptors (Lipinski definition) is 4. The minimum Gasteiger partial charge on any atom is -0.487 e. The summed E-state index contributed by atoms with van der Waals surface area (Å²) in [4.78, 5) is 19.0. The first-order valence-electron chi connectivity index (χ1n) is 8.87. The lowest BCUT2D eigenvalue weighted by Gasteiger charge is -2.19. The van der Waals surface area contributed by atoms with Crippen LogP contribution in [0.5, 0.6) is 5.75 Å². The summed E-state index contributed by atoms with van der Waals surface area (Å²) in [5, 5.41) is 0. The topological polar surface area (TPSA) is 47.4 Å². The number of halogens is 3. The Morgan fingerprint density at radius 3 is 2.66 bits per heavy atom. The molecule has 3 rings (SSSR count). The van der Waals surface area contributed by atoms with Crippen LogP contribution in [0.2, 0.25) is 0 Å². The van der Waals surface area contributed by atoms with Gasteiger partial charge >= 0.3 is 0 Å². The molecule has 152 valence electrons. The minimum atomic E-state index is -0.695. The van der Waals surface area contributed by atoms with Crippen molar-refractivity contribution in [2.24, 2.45) is 0 Å². The fourth-order valence-electron chi connectivity index (χ4n) is 2.85. The van der Waals surface area contributed by atoms with Crippen molar-refractivity contribution in [3.63, 3.8) is 0 Å². The maximum Gasteiger partial charge on any atom is 0.269 e. The molecule has 8 heteroatoms. The van der Waals surface area contributed by atoms with Crippen molar-refractivity contribution in [3.05, 3.63) is 92.1 Å². The van der Waals surface area contributed by atoms with Crippen LogP contribution in [0.4, 0.5) is 8.78 Å². The first-order valence-corrected chi connectivity index (χ1v) is 9.67. The Hall–Kier alpha value is -2.58. The first-order chi connectivity index (χ1) is 13.8. The van der Waals surface area contributed by atoms with Crippen molar-refractivity contribution >= 4 is 15.9 Å². The lowest BCUT2D eigenvalue weighted by molar-refractivity contribution is 0.294. The largest absolute Gasteiger partial charge is 0.487 e. The van der Waals surface area contributed by atoms with Crippen LogP contribution in [0.15, 0.2) is 58.1 Å². The van der Waals surface area contributed by atoms with E-state index in [1.807, 2.05) is 31.1 Å². The first kappa shape index (κ1) is 21.1. The molecule has 0 aliphatic carbocycles. The van der Waals surface area contributed by atoms with Gasteiger partial charge in [-0.05, 0) is 53.8 Å². The zero-order valence-corrected chi connectivity index (χ0v) is 17.6. The normalized spacial score (nSPS) is 11.1. The third-order valence-corrected chi connectivity index (χ3v) is 4.96. The molecule has 0 aliphatic heterocycles. The molecular weight excluding hydrogens is 444 g/mol. The quantitative estimate of drug-likeness (QED) is 0.531. The van der Waals surface area contributed by atoms with Crippen LogP contribution >= 0.6 is 15.9 Å². The average Bonchev–Trinajstić information content (AvgIpc) is 2.68. The molecule has 0 radical (unpaired) electrons. The summed E-state index contributed by atoms with van der Waals surface area (Å²) >= 11 is 3.31. The average molecular weight is 464 g/mol. The predicted molar refractivity (Wildman–Crippen MR) is 110 cm³/mol. The summed E-state index contributed by atoms with van der Waals surface area (Å²) in [6.45, 7) is 0.740. The molecule has 3 aromatic rings. The van der Waals surface area contributed by atoms with Gasteiger partial charge in [0.2, 0.25) is 0 Å². The maximum atomic E-state index is 13.9. The summed E-state index contributed by atoms with van der Waals surface area (Å²) in [6.07, 6.45) is 3.38. The molecule has 1 aromatic carbocycles. The van der Waals surface area contributed by atoms with Crippen LogP contribution < -0.4 is 10.3 Å². The molecule has 0 N–H and O–H groups in total. The van der Waals surface area contributed by atoms with Gasteiger partial charge in [0, 0.05) is 42.3 Å². The van der Waals surface area contributed by atoms with Gasteiger partial charge in [0.1, 0.15) is 28.5 Å². The highest BCUT2D eigenvalue weighted by Crippen LogP contribution is 2.25. The molecule has 0 aliphatic rings. The number of aromatic nitrogens is 2. The Labute approximate surface area is 175 Å². The minimum absolute atomic E-state index is 0.127. The number of hydrogen-bond donors (Lipinski definition) is 0. The van der Waals surface area contributed by atoms with Gasteiger partial charge in [0.05, 0.1) is 6.54 Å². The Morgan fingerprint density at radius 1 is 1.21 bits per heavy atom. The zero-order chi connectivity index (χ0) is 21.0. The molecule has 0 atom stereocenters. The highest BCUT2D eigenvalue weighted by atomic mass is 79.9. The van der Waals surface area contributed by atoms with Gasteiger partial charge in [0.25, 0.3) is 5.56 Å². The number of pyridine rings is 2. The second-order valence-electron chi connectivity index (χ2n) is 6.83. The summed E-state index contributed by atoms with van der Waals surface area (Å²) in [7, 11) is 3.80. The molecule has 29 heavy (non-hydrogen) atoms. The lowest BCUT2D eigenvalue weighted by Crippen LogP contribution is -2.28. The summed E-state index contributed by atoms with van der Waals surface area (Å²) in [5.41, 5.74) is 1.57. The number of rotatable bonds is 7. The molecule has 0 saturated heterocycles. The summed E-state index contributed by atoms with van der Waals surface area (Å²) in [6, 6.07) is 8.76. The Bertz CT molecular complexity index is 1060. The van der Waals surface area contributed by atoms with Gasteiger partial charge < -0.3 is 14.2 Å². The van der Waals surface area contributed by atoms with Crippen LogP contribution in [-0.2, 0) is 19.7 Å². The molecule has 0 saturated carbocycles. The van der Waals surface area contributed by atoms with E-state index in [1.54, 1.807) is 23.0 Å². The maximum absolute atomic E-state index is 13.9. The molecule has 0 bridgehead atoms. The van der Waals surface area contributed by atoms with E-state index in [9.17, 15) is 13.6 Å². The molecule has 2 heterocycles. The predicted octanol–water partition coefficient (Wildman–Crippen LogP) is 3.97. The van der Waals surface area contributed by atoms with E-state index < -0.39 is 11.6 Å². The summed E-state index contributed by atoms with van der Waals surface area (Å²) < 4.78 is 34.6. The van der Waals surface area contributed by atoms with Crippen molar-refractivity contribution in [3.8, 4) is 5.75 Å². The van der Waals surface area contributed by atoms with E-state index in [-0.39, 0.29) is 22.2 Å². The molecule has 0 spiro atoms. The number of nitrogens with zero attached hydrogens (tertiary/aromatic N) is 3. The standard InChI is InChI=1S/C21H20BrF2N3O2/c1-26(2)12-17-9-19(29-13-15-5-6-16(23)8-18(15)24)20(22)21(28)27(17)11-14-4-3-7-25-10-14/h3-10H,11-13H2,1-2H3. The highest BCUT2D eigenvalue weighted by Gasteiger charge is 2.16. The van der Waals surface area contributed by atoms with Crippen LogP contribution in [0.25, 0.3) is 0 Å². The van der Waals surface area contributed by atoms with Crippen LogP contribution in [-0.4, -0.2) is 28.5 Å². The Morgan fingerprint density at radius 2 is 2.00 bits per heavy atom. The zero-order valence-electron chi connectivity index (χ0n) is 16.0. The van der Waals surface area contributed by atoms with E-state index in [4.69, 9.17) is 4.74 Å². The summed E-state index contributed by atoms with van der Waals surface area (Å²) in [5.74, 6) is -1.05. The smallest absolute Gasteiger partial charge is 0.269 e. The van der Waals surface area contributed by atoms with Gasteiger partial charge in [-0.2, -0.15) is 0 Å². The third-order valence-electron chi connectivity index (χ3n) is 4.23. The third kappa shape index (κ3) is 5.27. The van der Waals surface area contributed by atoms with E-state index in [0.29, 0.717) is 18.8 Å². The molecule has 2 aromatic heterocycles. The van der Waals surface area contributed by atoms with Crippen LogP contribution in [0.1, 0.15) is 16.8 Å². The van der Waals surface area contributed by atoms with Crippen molar-refractivity contribution in [2.45, 2.75) is 19.7 Å². The SMILES string of the molecule is CN(C)Cc1cc(OCc2ccc(F)cc2F)c(Br)c(=O)n1Cc1cccnc1. The van der Waals surface area contributed by atoms with Crippen LogP contribution in [0, 0.1) is 11.6 Å². The van der Waals surface area contributed by atoms with E-state index in [1.165, 1.54) is 12.1 Å². The Kier molecular flexibility index (Phi) is 6.76. The fourth-order valence-corrected chi connectivity index (χ4v) is 3.29. The highest BCUT2D eigenvalue weighted by molar-refractivity contribution is 9.10. The Balaban J connectivity index is 1.93. The van der Waals surface area contributed by atoms with Crippen molar-refractivity contribution < 1.29 is 13.5 Å². The van der Waals surface area contributed by atoms with Gasteiger partial charge in [-0.25, -0.2) is 8.78 Å². The lowest BCUT2D eigenvalue weighted by atomic mass is 10.2. The van der Waals surface area contributed by atoms with Crippen molar-refractivity contribution in [1.82, 2.24) is 14.5 Å². The molecule has 0 amide bonds. The van der Waals surface area contributed by atoms with E-state index in [0.717, 1.165) is 17.3 Å². The monoisotopic (exact) mass is 463 g/mol. The van der Waals surface area contributed by atoms with E-state index >= 15 is 0 Å². The number of benzene rings is 1. The van der Waals surface area contributed by atoms with Gasteiger partial charge in [-0.1, -0.05) is 6.07 Å². The van der Waals surface area contributed by atoms with Crippen molar-refractivity contribution in [1.29, 1.82) is 0 Å².